The van der Waals surface area contributed by atoms with Crippen LogP contribution in [0.3, 0.4) is 0 Å². The van der Waals surface area contributed by atoms with Crippen LogP contribution in [0.15, 0.2) is 42.7 Å². The fourth-order valence-electron chi connectivity index (χ4n) is 3.36. The van der Waals surface area contributed by atoms with Gasteiger partial charge in [0.25, 0.3) is 5.91 Å². The van der Waals surface area contributed by atoms with Gasteiger partial charge in [0.1, 0.15) is 11.6 Å². The SMILES string of the molecule is Cc1ccnc(Cl)c1NC(=O)c1cc(F)c(-c2ccc(C3CC3)cn2)cc1OC(C)C(F)(F)F. The predicted molar refractivity (Wildman–Crippen MR) is 120 cm³/mol. The maximum absolute atomic E-state index is 15.1. The Kier molecular flexibility index (Phi) is 6.49. The summed E-state index contributed by atoms with van der Waals surface area (Å²) in [6, 6.07) is 6.89. The largest absolute Gasteiger partial charge is 0.480 e. The smallest absolute Gasteiger partial charge is 0.425 e. The Morgan fingerprint density at radius 2 is 1.94 bits per heavy atom. The van der Waals surface area contributed by atoms with Gasteiger partial charge in [0.2, 0.25) is 0 Å². The number of aryl methyl sites for hydroxylation is 1. The number of nitrogens with one attached hydrogen (secondary N) is 1. The molecule has 0 spiro atoms. The highest BCUT2D eigenvalue weighted by atomic mass is 35.5. The summed E-state index contributed by atoms with van der Waals surface area (Å²) in [7, 11) is 0. The first-order valence-electron chi connectivity index (χ1n) is 10.5. The van der Waals surface area contributed by atoms with Crippen molar-refractivity contribution >= 4 is 23.2 Å². The lowest BCUT2D eigenvalue weighted by atomic mass is 10.0. The van der Waals surface area contributed by atoms with Crippen molar-refractivity contribution in [3.05, 3.63) is 70.4 Å². The van der Waals surface area contributed by atoms with Crippen LogP contribution in [0.25, 0.3) is 11.3 Å². The minimum absolute atomic E-state index is 0.0171. The van der Waals surface area contributed by atoms with E-state index in [1.165, 1.54) is 6.20 Å². The van der Waals surface area contributed by atoms with E-state index in [-0.39, 0.29) is 22.1 Å². The fraction of sp³-hybridized carbons (Fsp3) is 0.292. The number of carbonyl (C=O) groups is 1. The van der Waals surface area contributed by atoms with Crippen LogP contribution >= 0.6 is 11.6 Å². The van der Waals surface area contributed by atoms with E-state index in [1.807, 2.05) is 6.07 Å². The minimum Gasteiger partial charge on any atom is -0.480 e. The lowest BCUT2D eigenvalue weighted by Crippen LogP contribution is -2.32. The van der Waals surface area contributed by atoms with E-state index >= 15 is 4.39 Å². The molecule has 1 aliphatic carbocycles. The van der Waals surface area contributed by atoms with Crippen molar-refractivity contribution in [2.24, 2.45) is 0 Å². The van der Waals surface area contributed by atoms with E-state index in [0.29, 0.717) is 11.5 Å². The van der Waals surface area contributed by atoms with Crippen LogP contribution in [-0.2, 0) is 0 Å². The summed E-state index contributed by atoms with van der Waals surface area (Å²) in [6.07, 6.45) is -1.76. The Hall–Kier alpha value is -3.20. The Balaban J connectivity index is 1.73. The quantitative estimate of drug-likeness (QED) is 0.306. The summed E-state index contributed by atoms with van der Waals surface area (Å²) in [5.41, 5.74) is 1.45. The van der Waals surface area contributed by atoms with Crippen LogP contribution in [0.4, 0.5) is 23.2 Å². The molecule has 0 radical (unpaired) electrons. The van der Waals surface area contributed by atoms with Gasteiger partial charge in [-0.05, 0) is 68.0 Å². The van der Waals surface area contributed by atoms with Crippen LogP contribution in [0.2, 0.25) is 5.15 Å². The molecule has 2 heterocycles. The average molecular weight is 494 g/mol. The molecule has 3 aromatic rings. The molecular weight excluding hydrogens is 474 g/mol. The standard InChI is InChI=1S/C24H20ClF4N3O2/c1-12-7-8-30-22(25)21(12)32-23(33)17-9-18(26)16(10-20(17)34-13(2)24(27,28)29)19-6-5-15(11-31-19)14-3-4-14/h5-11,13-14H,3-4H2,1-2H3,(H,32,33). The van der Waals surface area contributed by atoms with Gasteiger partial charge in [-0.3, -0.25) is 9.78 Å². The van der Waals surface area contributed by atoms with E-state index in [4.69, 9.17) is 16.3 Å². The van der Waals surface area contributed by atoms with Gasteiger partial charge in [-0.15, -0.1) is 0 Å². The third kappa shape index (κ3) is 5.14. The minimum atomic E-state index is -4.70. The van der Waals surface area contributed by atoms with E-state index in [2.05, 4.69) is 15.3 Å². The van der Waals surface area contributed by atoms with Crippen molar-refractivity contribution in [3.63, 3.8) is 0 Å². The van der Waals surface area contributed by atoms with Crippen molar-refractivity contribution in [2.45, 2.75) is 44.9 Å². The third-order valence-electron chi connectivity index (χ3n) is 5.54. The zero-order chi connectivity index (χ0) is 24.6. The molecule has 1 saturated carbocycles. The molecule has 5 nitrogen and oxygen atoms in total. The second-order valence-electron chi connectivity index (χ2n) is 8.13. The van der Waals surface area contributed by atoms with Crippen LogP contribution < -0.4 is 10.1 Å². The number of aromatic nitrogens is 2. The molecule has 1 amide bonds. The summed E-state index contributed by atoms with van der Waals surface area (Å²) in [5, 5.41) is 2.47. The van der Waals surface area contributed by atoms with Crippen molar-refractivity contribution in [2.75, 3.05) is 5.32 Å². The normalized spacial score (nSPS) is 14.6. The van der Waals surface area contributed by atoms with Gasteiger partial charge < -0.3 is 10.1 Å². The van der Waals surface area contributed by atoms with Crippen LogP contribution in [0, 0.1) is 12.7 Å². The molecule has 1 N–H and O–H groups in total. The third-order valence-corrected chi connectivity index (χ3v) is 5.83. The summed E-state index contributed by atoms with van der Waals surface area (Å²) in [6.45, 7) is 2.46. The molecule has 0 saturated heterocycles. The number of nitrogens with zero attached hydrogens (tertiary/aromatic N) is 2. The zero-order valence-electron chi connectivity index (χ0n) is 18.2. The van der Waals surface area contributed by atoms with Crippen molar-refractivity contribution < 1.29 is 27.1 Å². The molecular formula is C24H20ClF4N3O2. The average Bonchev–Trinajstić information content (AvgIpc) is 3.62. The van der Waals surface area contributed by atoms with Gasteiger partial charge in [-0.25, -0.2) is 9.37 Å². The molecule has 34 heavy (non-hydrogen) atoms. The molecule has 2 aromatic heterocycles. The van der Waals surface area contributed by atoms with E-state index in [0.717, 1.165) is 37.5 Å². The lowest BCUT2D eigenvalue weighted by Gasteiger charge is -2.21. The van der Waals surface area contributed by atoms with Crippen molar-refractivity contribution in [1.82, 2.24) is 9.97 Å². The number of hydrogen-bond donors (Lipinski definition) is 1. The summed E-state index contributed by atoms with van der Waals surface area (Å²) < 4.78 is 59.8. The second-order valence-corrected chi connectivity index (χ2v) is 8.49. The topological polar surface area (TPSA) is 64.1 Å². The number of ether oxygens (including phenoxy) is 1. The fourth-order valence-corrected chi connectivity index (χ4v) is 3.61. The summed E-state index contributed by atoms with van der Waals surface area (Å²) in [4.78, 5) is 21.1. The number of anilines is 1. The molecule has 1 atom stereocenters. The molecule has 1 aliphatic rings. The molecule has 4 rings (SSSR count). The van der Waals surface area contributed by atoms with Crippen molar-refractivity contribution in [1.29, 1.82) is 0 Å². The number of carbonyl (C=O) groups excluding carboxylic acids is 1. The van der Waals surface area contributed by atoms with Gasteiger partial charge in [0.15, 0.2) is 11.3 Å². The lowest BCUT2D eigenvalue weighted by molar-refractivity contribution is -0.189. The van der Waals surface area contributed by atoms with Crippen LogP contribution in [0.1, 0.15) is 47.2 Å². The molecule has 1 fully saturated rings. The Morgan fingerprint density at radius 3 is 2.53 bits per heavy atom. The highest BCUT2D eigenvalue weighted by Gasteiger charge is 2.39. The molecule has 0 bridgehead atoms. The predicted octanol–water partition coefficient (Wildman–Crippen LogP) is 6.70. The van der Waals surface area contributed by atoms with E-state index in [9.17, 15) is 18.0 Å². The Labute approximate surface area is 198 Å². The van der Waals surface area contributed by atoms with Gasteiger partial charge >= 0.3 is 6.18 Å². The summed E-state index contributed by atoms with van der Waals surface area (Å²) in [5.74, 6) is -1.74. The van der Waals surface area contributed by atoms with Gasteiger partial charge in [-0.2, -0.15) is 13.2 Å². The van der Waals surface area contributed by atoms with Crippen LogP contribution in [0.5, 0.6) is 5.75 Å². The van der Waals surface area contributed by atoms with Gasteiger partial charge in [0, 0.05) is 18.0 Å². The van der Waals surface area contributed by atoms with Crippen molar-refractivity contribution in [3.8, 4) is 17.0 Å². The van der Waals surface area contributed by atoms with E-state index in [1.54, 1.807) is 25.3 Å². The van der Waals surface area contributed by atoms with E-state index < -0.39 is 35.3 Å². The number of halogens is 5. The number of alkyl halides is 3. The molecule has 178 valence electrons. The first-order valence-corrected chi connectivity index (χ1v) is 10.9. The Morgan fingerprint density at radius 1 is 1.21 bits per heavy atom. The molecule has 1 unspecified atom stereocenters. The number of benzene rings is 1. The highest BCUT2D eigenvalue weighted by molar-refractivity contribution is 6.33. The van der Waals surface area contributed by atoms with Gasteiger partial charge in [0.05, 0.1) is 16.9 Å². The number of amides is 1. The Bertz CT molecular complexity index is 1210. The molecule has 1 aromatic carbocycles. The first-order chi connectivity index (χ1) is 16.0. The molecule has 10 heteroatoms. The maximum atomic E-state index is 15.1. The second kappa shape index (κ2) is 9.21. The maximum Gasteiger partial charge on any atom is 0.425 e. The van der Waals surface area contributed by atoms with Crippen LogP contribution in [-0.4, -0.2) is 28.2 Å². The number of rotatable bonds is 6. The highest BCUT2D eigenvalue weighted by Crippen LogP contribution is 2.40. The summed E-state index contributed by atoms with van der Waals surface area (Å²) >= 11 is 6.03. The monoisotopic (exact) mass is 493 g/mol. The first kappa shape index (κ1) is 23.9. The zero-order valence-corrected chi connectivity index (χ0v) is 19.0. The molecule has 0 aliphatic heterocycles. The number of pyridine rings is 2. The van der Waals surface area contributed by atoms with Gasteiger partial charge in [-0.1, -0.05) is 17.7 Å². The number of hydrogen-bond acceptors (Lipinski definition) is 4.